The molecule has 91 heavy (non-hydrogen) atoms. The smallest absolute Gasteiger partial charge is 0.338 e. The molecule has 0 radical (unpaired) electrons. The van der Waals surface area contributed by atoms with Gasteiger partial charge in [0.1, 0.15) is 28.2 Å². The Kier molecular flexibility index (Phi) is 25.2. The number of nitrogens with one attached hydrogen (secondary N) is 3. The third-order valence-corrected chi connectivity index (χ3v) is 17.2. The van der Waals surface area contributed by atoms with E-state index in [1.54, 1.807) is 50.8 Å². The number of anilines is 3. The number of ether oxygens (including phenoxy) is 6. The number of H-pyrrole nitrogens is 2. The first kappa shape index (κ1) is 70.2. The maximum Gasteiger partial charge on any atom is 0.338 e. The van der Waals surface area contributed by atoms with Crippen molar-refractivity contribution in [2.24, 2.45) is 5.73 Å². The summed E-state index contributed by atoms with van der Waals surface area (Å²) in [5.74, 6) is -0.482. The Balaban J connectivity index is 0.000000180. The molecule has 3 aliphatic heterocycles. The number of carboxylic acids is 1. The number of aryl methyl sites for hydroxylation is 2. The van der Waals surface area contributed by atoms with Crippen LogP contribution in [-0.2, 0) is 32.0 Å². The first-order valence-electron chi connectivity index (χ1n) is 30.8. The Hall–Kier alpha value is -8.28. The van der Waals surface area contributed by atoms with E-state index in [4.69, 9.17) is 47.4 Å². The number of furan rings is 3. The van der Waals surface area contributed by atoms with Crippen LogP contribution in [0.25, 0.3) is 32.9 Å². The second kappa shape index (κ2) is 32.6. The monoisotopic (exact) mass is 1280 g/mol. The standard InChI is InChI=1S/C25H31N3O5.C18H23NO4.C17H21NO4.C8H12N2O2.ClH/c1-5-28(17-6-9-32-10-7-17)20-13-22-18(8-11-33-22)23(16(20)3)25(30)26-14-19-21(31-4)12-15(2)27-24(19)29;1-4-19(13-5-8-22-9-6-13)15-11-16-14(7-10-23-16)17(12(15)2)18(20)21-3;1-3-18(12-4-7-21-8-5-12)14-10-15-13(6-9-22-15)16(11(14)2)17(19)20;1-5-3-7(12-2)6(4-9)8(11)10-5;/h8,11-13,17H,5-7,9-10,14H2,1-4H3,(H,26,30)(H,27,29);7,10-11,13H,4-6,8-9H2,1-3H3;6,9-10,12H,3-5,7-8H2,1-2H3,(H,19,20);3H,4,9H2,1-2H3,(H,10,11);1H. The van der Waals surface area contributed by atoms with E-state index in [0.29, 0.717) is 79.7 Å². The summed E-state index contributed by atoms with van der Waals surface area (Å²) in [5.41, 5.74) is 16.4. The first-order chi connectivity index (χ1) is 43.4. The van der Waals surface area contributed by atoms with Crippen LogP contribution in [0.3, 0.4) is 0 Å². The van der Waals surface area contributed by atoms with E-state index < -0.39 is 5.97 Å². The molecule has 5 aromatic heterocycles. The van der Waals surface area contributed by atoms with Gasteiger partial charge in [-0.3, -0.25) is 14.4 Å². The summed E-state index contributed by atoms with van der Waals surface area (Å²) in [6.07, 6.45) is 10.6. The minimum Gasteiger partial charge on any atom is -0.496 e. The number of halogens is 1. The predicted octanol–water partition coefficient (Wildman–Crippen LogP) is 11.2. The average Bonchev–Trinajstić information content (AvgIpc) is 1.78. The number of benzene rings is 3. The lowest BCUT2D eigenvalue weighted by atomic mass is 9.98. The van der Waals surface area contributed by atoms with Crippen LogP contribution >= 0.6 is 12.4 Å². The molecule has 6 N–H and O–H groups in total. The van der Waals surface area contributed by atoms with Crippen molar-refractivity contribution in [1.29, 1.82) is 0 Å². The zero-order chi connectivity index (χ0) is 64.8. The molecule has 3 aliphatic rings. The molecule has 3 saturated heterocycles. The predicted molar refractivity (Wildman–Crippen MR) is 355 cm³/mol. The molecule has 0 bridgehead atoms. The summed E-state index contributed by atoms with van der Waals surface area (Å²) in [6, 6.07) is 16.0. The summed E-state index contributed by atoms with van der Waals surface area (Å²) in [7, 11) is 4.45. The summed E-state index contributed by atoms with van der Waals surface area (Å²) in [6.45, 7) is 23.1. The Morgan fingerprint density at radius 3 is 1.27 bits per heavy atom. The third-order valence-electron chi connectivity index (χ3n) is 17.2. The Morgan fingerprint density at radius 2 is 0.912 bits per heavy atom. The fourth-order valence-electron chi connectivity index (χ4n) is 12.7. The second-order valence-corrected chi connectivity index (χ2v) is 22.4. The number of hydrogen-bond acceptors (Lipinski definition) is 18. The number of esters is 1. The number of hydrogen-bond donors (Lipinski definition) is 5. The SMILES string of the molecule is CCN(c1cc2occc2c(C(=O)NCc2c(OC)cc(C)[nH]c2=O)c1C)C1CCOCC1.CCN(c1cc2occc2c(C(=O)O)c1C)C1CCOCC1.CCN(c1cc2occc2c(C(=O)OC)c1C)C1CCOCC1.COc1cc(C)[nH]c(=O)c1CN.Cl. The van der Waals surface area contributed by atoms with E-state index in [0.717, 1.165) is 154 Å². The van der Waals surface area contributed by atoms with E-state index in [-0.39, 0.29) is 48.5 Å². The van der Waals surface area contributed by atoms with E-state index in [1.165, 1.54) is 21.3 Å². The van der Waals surface area contributed by atoms with Gasteiger partial charge in [-0.1, -0.05) is 0 Å². The molecule has 3 aromatic carbocycles. The molecule has 0 spiro atoms. The Morgan fingerprint density at radius 1 is 0.560 bits per heavy atom. The largest absolute Gasteiger partial charge is 0.496 e. The fraction of sp³-hybridized carbons (Fsp3) is 0.456. The van der Waals surface area contributed by atoms with Crippen molar-refractivity contribution < 1.29 is 61.2 Å². The molecule has 0 aliphatic carbocycles. The van der Waals surface area contributed by atoms with Crippen LogP contribution in [0.4, 0.5) is 17.1 Å². The van der Waals surface area contributed by atoms with Crippen LogP contribution in [0.5, 0.6) is 11.5 Å². The molecule has 1 amide bonds. The number of carboxylic acid groups (broad SMARTS) is 1. The molecule has 0 atom stereocenters. The number of rotatable bonds is 17. The minimum atomic E-state index is -0.909. The van der Waals surface area contributed by atoms with Crippen molar-refractivity contribution in [3.05, 3.63) is 144 Å². The third kappa shape index (κ3) is 15.9. The van der Waals surface area contributed by atoms with Gasteiger partial charge in [-0.05, 0) is 141 Å². The molecule has 11 rings (SSSR count). The van der Waals surface area contributed by atoms with Gasteiger partial charge < -0.3 is 82.5 Å². The number of amides is 1. The summed E-state index contributed by atoms with van der Waals surface area (Å²) < 4.78 is 48.6. The number of aromatic nitrogens is 2. The molecule has 23 heteroatoms. The first-order valence-corrected chi connectivity index (χ1v) is 30.8. The van der Waals surface area contributed by atoms with E-state index in [2.05, 4.69) is 50.8 Å². The van der Waals surface area contributed by atoms with Gasteiger partial charge in [0, 0.05) is 147 Å². The highest BCUT2D eigenvalue weighted by atomic mass is 35.5. The summed E-state index contributed by atoms with van der Waals surface area (Å²) >= 11 is 0. The van der Waals surface area contributed by atoms with Crippen LogP contribution in [0.15, 0.2) is 90.2 Å². The number of carbonyl (C=O) groups excluding carboxylic acids is 2. The van der Waals surface area contributed by atoms with E-state index in [9.17, 15) is 29.1 Å². The van der Waals surface area contributed by atoms with Crippen molar-refractivity contribution in [1.82, 2.24) is 15.3 Å². The van der Waals surface area contributed by atoms with Crippen LogP contribution in [0.1, 0.15) is 130 Å². The molecule has 8 aromatic rings. The summed E-state index contributed by atoms with van der Waals surface area (Å²) in [5, 5.41) is 14.7. The van der Waals surface area contributed by atoms with Crippen molar-refractivity contribution in [3.8, 4) is 11.5 Å². The molecule has 8 heterocycles. The molecular weight excluding hydrogens is 1190 g/mol. The fourth-order valence-corrected chi connectivity index (χ4v) is 12.7. The molecule has 0 unspecified atom stereocenters. The lowest BCUT2D eigenvalue weighted by Gasteiger charge is -2.36. The van der Waals surface area contributed by atoms with Crippen LogP contribution in [0.2, 0.25) is 0 Å². The number of nitrogens with zero attached hydrogens (tertiary/aromatic N) is 3. The number of pyridine rings is 2. The van der Waals surface area contributed by atoms with Gasteiger partial charge in [0.25, 0.3) is 17.0 Å². The second-order valence-electron chi connectivity index (χ2n) is 22.4. The van der Waals surface area contributed by atoms with Gasteiger partial charge in [-0.2, -0.15) is 0 Å². The number of carbonyl (C=O) groups is 3. The zero-order valence-corrected chi connectivity index (χ0v) is 54.9. The van der Waals surface area contributed by atoms with Gasteiger partial charge in [-0.15, -0.1) is 12.4 Å². The Labute approximate surface area is 536 Å². The van der Waals surface area contributed by atoms with Crippen molar-refractivity contribution >= 4 is 80.2 Å². The van der Waals surface area contributed by atoms with Crippen molar-refractivity contribution in [3.63, 3.8) is 0 Å². The number of fused-ring (bicyclic) bond motifs is 3. The number of aromatic amines is 2. The van der Waals surface area contributed by atoms with Gasteiger partial charge >= 0.3 is 11.9 Å². The van der Waals surface area contributed by atoms with E-state index >= 15 is 0 Å². The molecule has 22 nitrogen and oxygen atoms in total. The molecule has 492 valence electrons. The average molecular weight is 1280 g/mol. The maximum absolute atomic E-state index is 13.4. The van der Waals surface area contributed by atoms with Gasteiger partial charge in [0.05, 0.1) is 74.5 Å². The van der Waals surface area contributed by atoms with Crippen LogP contribution in [-0.4, -0.2) is 132 Å². The lowest BCUT2D eigenvalue weighted by molar-refractivity contribution is 0.0600. The topological polar surface area (TPSA) is 280 Å². The number of aromatic carboxylic acids is 1. The highest BCUT2D eigenvalue weighted by molar-refractivity contribution is 6.10. The normalized spacial score (nSPS) is 14.4. The van der Waals surface area contributed by atoms with Crippen LogP contribution in [0, 0.1) is 34.6 Å². The lowest BCUT2D eigenvalue weighted by Crippen LogP contribution is -2.40. The van der Waals surface area contributed by atoms with Crippen molar-refractivity contribution in [2.75, 3.05) is 95.3 Å². The van der Waals surface area contributed by atoms with Gasteiger partial charge in [0.15, 0.2) is 0 Å². The van der Waals surface area contributed by atoms with Gasteiger partial charge in [0.2, 0.25) is 0 Å². The number of nitrogens with two attached hydrogens (primary N) is 1. The van der Waals surface area contributed by atoms with Gasteiger partial charge in [-0.25, -0.2) is 9.59 Å². The molecule has 0 saturated carbocycles. The van der Waals surface area contributed by atoms with Crippen molar-refractivity contribution in [2.45, 2.75) is 125 Å². The highest BCUT2D eigenvalue weighted by Gasteiger charge is 2.30. The minimum absolute atomic E-state index is 0. The molecule has 3 fully saturated rings. The maximum atomic E-state index is 13.4. The number of methoxy groups -OCH3 is 3. The zero-order valence-electron chi connectivity index (χ0n) is 54.1. The Bertz CT molecular complexity index is 3890. The van der Waals surface area contributed by atoms with E-state index in [1.807, 2.05) is 51.1 Å². The summed E-state index contributed by atoms with van der Waals surface area (Å²) in [4.78, 5) is 73.5. The highest BCUT2D eigenvalue weighted by Crippen LogP contribution is 2.38. The molecular formula is C68H88ClN7O15. The van der Waals surface area contributed by atoms with Crippen LogP contribution < -0.4 is 46.3 Å². The quantitative estimate of drug-likeness (QED) is 0.0530.